The lowest BCUT2D eigenvalue weighted by Crippen LogP contribution is -2.35. The zero-order valence-corrected chi connectivity index (χ0v) is 9.46. The molecule has 0 spiro atoms. The summed E-state index contributed by atoms with van der Waals surface area (Å²) in [7, 11) is 0. The molecule has 0 aliphatic carbocycles. The van der Waals surface area contributed by atoms with Crippen molar-refractivity contribution in [1.29, 1.82) is 0 Å². The summed E-state index contributed by atoms with van der Waals surface area (Å²) in [6, 6.07) is 10.8. The first-order valence-corrected chi connectivity index (χ1v) is 5.29. The van der Waals surface area contributed by atoms with E-state index in [4.69, 9.17) is 5.73 Å². The molecule has 0 bridgehead atoms. The van der Waals surface area contributed by atoms with Crippen LogP contribution in [0.3, 0.4) is 0 Å². The summed E-state index contributed by atoms with van der Waals surface area (Å²) in [4.78, 5) is 0. The lowest BCUT2D eigenvalue weighted by molar-refractivity contribution is 0.306. The van der Waals surface area contributed by atoms with Gasteiger partial charge in [0, 0.05) is 6.04 Å². The molecule has 0 saturated carbocycles. The van der Waals surface area contributed by atoms with Gasteiger partial charge in [-0.3, -0.25) is 0 Å². The van der Waals surface area contributed by atoms with Gasteiger partial charge >= 0.3 is 0 Å². The third kappa shape index (κ3) is 3.51. The Morgan fingerprint density at radius 2 is 1.71 bits per heavy atom. The second-order valence-electron chi connectivity index (χ2n) is 5.00. The Morgan fingerprint density at radius 1 is 1.14 bits per heavy atom. The Kier molecular flexibility index (Phi) is 3.70. The lowest BCUT2D eigenvalue weighted by Gasteiger charge is -2.26. The van der Waals surface area contributed by atoms with Crippen molar-refractivity contribution < 1.29 is 0 Å². The van der Waals surface area contributed by atoms with Crippen LogP contribution in [-0.2, 0) is 6.42 Å². The van der Waals surface area contributed by atoms with E-state index in [1.807, 2.05) is 6.07 Å². The molecule has 0 aromatic heterocycles. The van der Waals surface area contributed by atoms with Crippen molar-refractivity contribution in [3.05, 3.63) is 35.9 Å². The molecule has 78 valence electrons. The topological polar surface area (TPSA) is 26.0 Å². The van der Waals surface area contributed by atoms with Crippen molar-refractivity contribution in [2.45, 2.75) is 39.7 Å². The van der Waals surface area contributed by atoms with Crippen molar-refractivity contribution in [2.24, 2.45) is 11.1 Å². The third-order valence-corrected chi connectivity index (χ3v) is 2.70. The average Bonchev–Trinajstić information content (AvgIpc) is 2.14. The molecule has 1 aromatic rings. The number of nitrogens with two attached hydrogens (primary N) is 1. The zero-order chi connectivity index (χ0) is 10.6. The van der Waals surface area contributed by atoms with Crippen molar-refractivity contribution >= 4 is 0 Å². The van der Waals surface area contributed by atoms with Gasteiger partial charge < -0.3 is 5.73 Å². The molecule has 1 nitrogen and oxygen atoms in total. The molecule has 0 unspecified atom stereocenters. The molecular formula is C13H21N. The fourth-order valence-corrected chi connectivity index (χ4v) is 1.40. The molecule has 0 radical (unpaired) electrons. The van der Waals surface area contributed by atoms with Crippen LogP contribution in [-0.4, -0.2) is 6.04 Å². The highest BCUT2D eigenvalue weighted by Crippen LogP contribution is 2.21. The average molecular weight is 191 g/mol. The van der Waals surface area contributed by atoms with E-state index in [-0.39, 0.29) is 11.5 Å². The molecule has 1 aromatic carbocycles. The fourth-order valence-electron chi connectivity index (χ4n) is 1.40. The summed E-state index contributed by atoms with van der Waals surface area (Å²) in [6.45, 7) is 6.59. The summed E-state index contributed by atoms with van der Waals surface area (Å²) < 4.78 is 0. The minimum atomic E-state index is 0.217. The molecule has 1 heteroatoms. The highest BCUT2D eigenvalue weighted by molar-refractivity contribution is 5.14. The molecule has 1 rings (SSSR count). The largest absolute Gasteiger partial charge is 0.327 e. The van der Waals surface area contributed by atoms with Gasteiger partial charge in [-0.05, 0) is 23.8 Å². The van der Waals surface area contributed by atoms with Crippen molar-refractivity contribution in [3.8, 4) is 0 Å². The van der Waals surface area contributed by atoms with E-state index in [2.05, 4.69) is 45.0 Å². The Labute approximate surface area is 87.3 Å². The maximum absolute atomic E-state index is 6.10. The molecule has 1 atom stereocenters. The maximum Gasteiger partial charge on any atom is 0.00908 e. The number of aryl methyl sites for hydroxylation is 1. The van der Waals surface area contributed by atoms with Crippen molar-refractivity contribution in [1.82, 2.24) is 0 Å². The van der Waals surface area contributed by atoms with Crippen LogP contribution < -0.4 is 5.73 Å². The first-order chi connectivity index (χ1) is 6.50. The Bertz CT molecular complexity index is 258. The van der Waals surface area contributed by atoms with Gasteiger partial charge in [0.05, 0.1) is 0 Å². The summed E-state index contributed by atoms with van der Waals surface area (Å²) >= 11 is 0. The van der Waals surface area contributed by atoms with E-state index < -0.39 is 0 Å². The second-order valence-corrected chi connectivity index (χ2v) is 5.00. The maximum atomic E-state index is 6.10. The monoisotopic (exact) mass is 191 g/mol. The summed E-state index contributed by atoms with van der Waals surface area (Å²) in [5.74, 6) is 0. The molecule has 0 heterocycles. The molecule has 14 heavy (non-hydrogen) atoms. The zero-order valence-electron chi connectivity index (χ0n) is 9.46. The normalized spacial score (nSPS) is 14.0. The van der Waals surface area contributed by atoms with Gasteiger partial charge in [0.1, 0.15) is 0 Å². The quantitative estimate of drug-likeness (QED) is 0.781. The Hall–Kier alpha value is -0.820. The third-order valence-electron chi connectivity index (χ3n) is 2.70. The SMILES string of the molecule is CC(C)(C)[C@@H](N)CCc1ccccc1. The van der Waals surface area contributed by atoms with Crippen LogP contribution in [0.15, 0.2) is 30.3 Å². The van der Waals surface area contributed by atoms with E-state index in [0.29, 0.717) is 0 Å². The van der Waals surface area contributed by atoms with Crippen molar-refractivity contribution in [3.63, 3.8) is 0 Å². The Balaban J connectivity index is 2.42. The molecule has 2 N–H and O–H groups in total. The van der Waals surface area contributed by atoms with Gasteiger partial charge in [-0.15, -0.1) is 0 Å². The predicted octanol–water partition coefficient (Wildman–Crippen LogP) is 2.99. The lowest BCUT2D eigenvalue weighted by atomic mass is 9.84. The van der Waals surface area contributed by atoms with E-state index in [0.717, 1.165) is 12.8 Å². The van der Waals surface area contributed by atoms with Gasteiger partial charge in [0.15, 0.2) is 0 Å². The van der Waals surface area contributed by atoms with E-state index >= 15 is 0 Å². The molecular weight excluding hydrogens is 170 g/mol. The first-order valence-electron chi connectivity index (χ1n) is 5.29. The molecule has 0 saturated heterocycles. The van der Waals surface area contributed by atoms with E-state index in [1.54, 1.807) is 0 Å². The van der Waals surface area contributed by atoms with Gasteiger partial charge in [-0.1, -0.05) is 51.1 Å². The minimum Gasteiger partial charge on any atom is -0.327 e. The van der Waals surface area contributed by atoms with Crippen molar-refractivity contribution in [2.75, 3.05) is 0 Å². The first kappa shape index (κ1) is 11.3. The van der Waals surface area contributed by atoms with Crippen LogP contribution in [0.5, 0.6) is 0 Å². The molecule has 0 fully saturated rings. The minimum absolute atomic E-state index is 0.217. The van der Waals surface area contributed by atoms with Crippen LogP contribution in [0.4, 0.5) is 0 Å². The van der Waals surface area contributed by atoms with E-state index in [1.165, 1.54) is 5.56 Å². The Morgan fingerprint density at radius 3 is 2.21 bits per heavy atom. The number of rotatable bonds is 3. The summed E-state index contributed by atoms with van der Waals surface area (Å²) in [5, 5.41) is 0. The molecule has 0 aliphatic heterocycles. The molecule has 0 amide bonds. The van der Waals surface area contributed by atoms with Crippen LogP contribution >= 0.6 is 0 Å². The van der Waals surface area contributed by atoms with Gasteiger partial charge in [0.25, 0.3) is 0 Å². The van der Waals surface area contributed by atoms with Crippen LogP contribution in [0.1, 0.15) is 32.8 Å². The van der Waals surface area contributed by atoms with Crippen LogP contribution in [0.25, 0.3) is 0 Å². The van der Waals surface area contributed by atoms with Gasteiger partial charge in [0.2, 0.25) is 0 Å². The van der Waals surface area contributed by atoms with Crippen LogP contribution in [0.2, 0.25) is 0 Å². The predicted molar refractivity (Wildman–Crippen MR) is 62.2 cm³/mol. The highest BCUT2D eigenvalue weighted by Gasteiger charge is 2.19. The number of hydrogen-bond donors (Lipinski definition) is 1. The van der Waals surface area contributed by atoms with Gasteiger partial charge in [-0.2, -0.15) is 0 Å². The smallest absolute Gasteiger partial charge is 0.00908 e. The second kappa shape index (κ2) is 4.61. The standard InChI is InChI=1S/C13H21N/c1-13(2,3)12(14)10-9-11-7-5-4-6-8-11/h4-8,12H,9-10,14H2,1-3H3/t12-/m0/s1. The summed E-state index contributed by atoms with van der Waals surface area (Å²) in [6.07, 6.45) is 2.15. The van der Waals surface area contributed by atoms with Gasteiger partial charge in [-0.25, -0.2) is 0 Å². The summed E-state index contributed by atoms with van der Waals surface area (Å²) in [5.41, 5.74) is 7.70. The number of benzene rings is 1. The molecule has 0 aliphatic rings. The fraction of sp³-hybridized carbons (Fsp3) is 0.538. The highest BCUT2D eigenvalue weighted by atomic mass is 14.7. The van der Waals surface area contributed by atoms with E-state index in [9.17, 15) is 0 Å². The van der Waals surface area contributed by atoms with Crippen LogP contribution in [0, 0.1) is 5.41 Å². The number of hydrogen-bond acceptors (Lipinski definition) is 1.